The van der Waals surface area contributed by atoms with Crippen LogP contribution < -0.4 is 0 Å². The van der Waals surface area contributed by atoms with E-state index in [0.29, 0.717) is 0 Å². The minimum Gasteiger partial charge on any atom is -0.275 e. The summed E-state index contributed by atoms with van der Waals surface area (Å²) in [7, 11) is 0. The van der Waals surface area contributed by atoms with Crippen molar-refractivity contribution in [1.29, 1.82) is 0 Å². The lowest BCUT2D eigenvalue weighted by atomic mass is 10.3. The lowest BCUT2D eigenvalue weighted by Gasteiger charge is -1.92. The highest BCUT2D eigenvalue weighted by Gasteiger charge is 2.06. The van der Waals surface area contributed by atoms with Gasteiger partial charge in [0, 0.05) is 0 Å². The van der Waals surface area contributed by atoms with E-state index in [2.05, 4.69) is 10.2 Å². The molecule has 5 heteroatoms. The van der Waals surface area contributed by atoms with Gasteiger partial charge in [0.25, 0.3) is 5.24 Å². The SMILES string of the molecule is O=C(Cl)c1cnncc1Cl. The Kier molecular flexibility index (Phi) is 2.19. The van der Waals surface area contributed by atoms with Crippen LogP contribution in [-0.2, 0) is 0 Å². The van der Waals surface area contributed by atoms with Crippen LogP contribution in [0.4, 0.5) is 0 Å². The van der Waals surface area contributed by atoms with E-state index in [1.807, 2.05) is 0 Å². The molecule has 0 amide bonds. The Labute approximate surface area is 67.0 Å². The normalized spacial score (nSPS) is 9.40. The Hall–Kier alpha value is -0.670. The maximum Gasteiger partial charge on any atom is 0.255 e. The Balaban J connectivity index is 3.15. The summed E-state index contributed by atoms with van der Waals surface area (Å²) in [6.45, 7) is 0. The molecule has 0 fully saturated rings. The summed E-state index contributed by atoms with van der Waals surface area (Å²) in [5, 5.41) is 6.45. The number of aromatic nitrogens is 2. The molecule has 0 N–H and O–H groups in total. The van der Waals surface area contributed by atoms with E-state index in [1.54, 1.807) is 0 Å². The lowest BCUT2D eigenvalue weighted by molar-refractivity contribution is 0.108. The van der Waals surface area contributed by atoms with Gasteiger partial charge in [-0.3, -0.25) is 4.79 Å². The molecule has 0 spiro atoms. The van der Waals surface area contributed by atoms with Crippen LogP contribution in [0.3, 0.4) is 0 Å². The van der Waals surface area contributed by atoms with Crippen LogP contribution in [-0.4, -0.2) is 15.4 Å². The second-order valence-corrected chi connectivity index (χ2v) is 2.27. The van der Waals surface area contributed by atoms with E-state index in [9.17, 15) is 4.79 Å². The zero-order valence-electron chi connectivity index (χ0n) is 4.71. The largest absolute Gasteiger partial charge is 0.275 e. The van der Waals surface area contributed by atoms with Crippen molar-refractivity contribution in [2.75, 3.05) is 0 Å². The fourth-order valence-electron chi connectivity index (χ4n) is 0.451. The van der Waals surface area contributed by atoms with E-state index in [0.717, 1.165) is 0 Å². The van der Waals surface area contributed by atoms with Crippen molar-refractivity contribution in [3.05, 3.63) is 23.0 Å². The first-order valence-electron chi connectivity index (χ1n) is 2.38. The van der Waals surface area contributed by atoms with Gasteiger partial charge < -0.3 is 0 Å². The minimum atomic E-state index is -0.625. The van der Waals surface area contributed by atoms with Crippen LogP contribution in [0.5, 0.6) is 0 Å². The molecule has 0 saturated carbocycles. The van der Waals surface area contributed by atoms with E-state index >= 15 is 0 Å². The third-order valence-corrected chi connectivity index (χ3v) is 1.40. The molecule has 0 aromatic carbocycles. The van der Waals surface area contributed by atoms with E-state index < -0.39 is 5.24 Å². The summed E-state index contributed by atoms with van der Waals surface area (Å²) in [4.78, 5) is 10.5. The van der Waals surface area contributed by atoms with Crippen molar-refractivity contribution in [2.24, 2.45) is 0 Å². The van der Waals surface area contributed by atoms with Crippen molar-refractivity contribution >= 4 is 28.4 Å². The van der Waals surface area contributed by atoms with Crippen LogP contribution in [0, 0.1) is 0 Å². The third-order valence-electron chi connectivity index (χ3n) is 0.894. The topological polar surface area (TPSA) is 42.9 Å². The highest BCUT2D eigenvalue weighted by atomic mass is 35.5. The molecule has 0 aliphatic carbocycles. The number of nitrogens with zero attached hydrogens (tertiary/aromatic N) is 2. The van der Waals surface area contributed by atoms with Gasteiger partial charge in [0.05, 0.1) is 23.0 Å². The first-order valence-corrected chi connectivity index (χ1v) is 3.13. The van der Waals surface area contributed by atoms with Gasteiger partial charge in [-0.2, -0.15) is 10.2 Å². The van der Waals surface area contributed by atoms with Crippen LogP contribution in [0.2, 0.25) is 5.02 Å². The van der Waals surface area contributed by atoms with Gasteiger partial charge in [-0.05, 0) is 11.6 Å². The molecule has 3 nitrogen and oxygen atoms in total. The summed E-state index contributed by atoms with van der Waals surface area (Å²) >= 11 is 10.6. The molecule has 0 saturated heterocycles. The molecular weight excluding hydrogens is 175 g/mol. The maximum absolute atomic E-state index is 10.5. The molecule has 10 heavy (non-hydrogen) atoms. The Bertz CT molecular complexity index is 264. The Morgan fingerprint density at radius 1 is 1.40 bits per heavy atom. The molecule has 0 aliphatic heterocycles. The fraction of sp³-hybridized carbons (Fsp3) is 0. The molecule has 0 bridgehead atoms. The molecule has 0 aliphatic rings. The number of carbonyl (C=O) groups excluding carboxylic acids is 1. The van der Waals surface area contributed by atoms with Gasteiger partial charge in [0.1, 0.15) is 0 Å². The zero-order valence-corrected chi connectivity index (χ0v) is 6.23. The van der Waals surface area contributed by atoms with E-state index in [1.165, 1.54) is 12.4 Å². The molecular formula is C5H2Cl2N2O. The molecule has 0 atom stereocenters. The van der Waals surface area contributed by atoms with Crippen molar-refractivity contribution < 1.29 is 4.79 Å². The summed E-state index contributed by atoms with van der Waals surface area (Å²) in [6.07, 6.45) is 2.48. The van der Waals surface area contributed by atoms with Crippen molar-refractivity contribution in [1.82, 2.24) is 10.2 Å². The molecule has 1 heterocycles. The number of hydrogen-bond acceptors (Lipinski definition) is 3. The molecule has 1 aromatic rings. The fourth-order valence-corrected chi connectivity index (χ4v) is 0.828. The standard InChI is InChI=1S/C5H2Cl2N2O/c6-4-2-9-8-1-3(4)5(7)10/h1-2H. The Morgan fingerprint density at radius 2 is 2.00 bits per heavy atom. The number of halogens is 2. The van der Waals surface area contributed by atoms with Crippen LogP contribution >= 0.6 is 23.2 Å². The molecule has 52 valence electrons. The van der Waals surface area contributed by atoms with E-state index in [-0.39, 0.29) is 10.6 Å². The molecule has 0 radical (unpaired) electrons. The predicted molar refractivity (Wildman–Crippen MR) is 37.2 cm³/mol. The smallest absolute Gasteiger partial charge is 0.255 e. The lowest BCUT2D eigenvalue weighted by Crippen LogP contribution is -1.92. The first-order chi connectivity index (χ1) is 4.72. The second-order valence-electron chi connectivity index (χ2n) is 1.52. The highest BCUT2D eigenvalue weighted by Crippen LogP contribution is 2.13. The number of carbonyl (C=O) groups is 1. The Morgan fingerprint density at radius 3 is 2.40 bits per heavy atom. The maximum atomic E-state index is 10.5. The van der Waals surface area contributed by atoms with Gasteiger partial charge >= 0.3 is 0 Å². The average molecular weight is 177 g/mol. The minimum absolute atomic E-state index is 0.179. The van der Waals surface area contributed by atoms with Crippen molar-refractivity contribution in [2.45, 2.75) is 0 Å². The van der Waals surface area contributed by atoms with Gasteiger partial charge in [-0.1, -0.05) is 11.6 Å². The quantitative estimate of drug-likeness (QED) is 0.610. The van der Waals surface area contributed by atoms with Gasteiger partial charge in [-0.25, -0.2) is 0 Å². The number of hydrogen-bond donors (Lipinski definition) is 0. The molecule has 1 aromatic heterocycles. The third kappa shape index (κ3) is 1.43. The molecule has 1 rings (SSSR count). The summed E-state index contributed by atoms with van der Waals surface area (Å²) < 4.78 is 0. The highest BCUT2D eigenvalue weighted by molar-refractivity contribution is 6.68. The van der Waals surface area contributed by atoms with Gasteiger partial charge in [-0.15, -0.1) is 0 Å². The van der Waals surface area contributed by atoms with Crippen LogP contribution in [0.25, 0.3) is 0 Å². The van der Waals surface area contributed by atoms with Gasteiger partial charge in [0.2, 0.25) is 0 Å². The van der Waals surface area contributed by atoms with Crippen LogP contribution in [0.15, 0.2) is 12.4 Å². The van der Waals surface area contributed by atoms with Crippen LogP contribution in [0.1, 0.15) is 10.4 Å². The van der Waals surface area contributed by atoms with Crippen molar-refractivity contribution in [3.8, 4) is 0 Å². The summed E-state index contributed by atoms with van der Waals surface area (Å²) in [5.74, 6) is 0. The number of rotatable bonds is 1. The van der Waals surface area contributed by atoms with Crippen molar-refractivity contribution in [3.63, 3.8) is 0 Å². The predicted octanol–water partition coefficient (Wildman–Crippen LogP) is 1.51. The van der Waals surface area contributed by atoms with E-state index in [4.69, 9.17) is 23.2 Å². The van der Waals surface area contributed by atoms with Gasteiger partial charge in [0.15, 0.2) is 0 Å². The first kappa shape index (κ1) is 7.44. The monoisotopic (exact) mass is 176 g/mol. The molecule has 0 unspecified atom stereocenters. The second kappa shape index (κ2) is 2.94. The average Bonchev–Trinajstić information content (AvgIpc) is 1.88. The summed E-state index contributed by atoms with van der Waals surface area (Å²) in [5.41, 5.74) is 0.179. The summed E-state index contributed by atoms with van der Waals surface area (Å²) in [6, 6.07) is 0. The zero-order chi connectivity index (χ0) is 7.56.